The summed E-state index contributed by atoms with van der Waals surface area (Å²) in [6, 6.07) is 13.9. The van der Waals surface area contributed by atoms with Gasteiger partial charge in [-0.3, -0.25) is 9.69 Å². The van der Waals surface area contributed by atoms with Gasteiger partial charge in [-0.05, 0) is 42.7 Å². The van der Waals surface area contributed by atoms with Crippen LogP contribution in [0.4, 0.5) is 10.1 Å². The van der Waals surface area contributed by atoms with Crippen LogP contribution in [0.2, 0.25) is 5.02 Å². The molecule has 1 atom stereocenters. The van der Waals surface area contributed by atoms with Crippen LogP contribution in [-0.2, 0) is 4.79 Å². The third kappa shape index (κ3) is 4.27. The number of nitrogens with zero attached hydrogens (tertiary/aromatic N) is 1. The van der Waals surface area contributed by atoms with Crippen molar-refractivity contribution in [1.82, 2.24) is 4.90 Å². The second-order valence-corrected chi connectivity index (χ2v) is 6.54. The van der Waals surface area contributed by atoms with E-state index in [1.54, 1.807) is 0 Å². The van der Waals surface area contributed by atoms with Crippen LogP contribution in [0.15, 0.2) is 54.6 Å². The first-order valence-corrected chi connectivity index (χ1v) is 8.67. The van der Waals surface area contributed by atoms with E-state index in [1.807, 2.05) is 25.1 Å². The molecule has 0 saturated heterocycles. The summed E-state index contributed by atoms with van der Waals surface area (Å²) in [5.41, 5.74) is 2.97. The summed E-state index contributed by atoms with van der Waals surface area (Å²) in [7, 11) is 0. The standard InChI is InChI=1S/C20H20ClFN2O/c1-14(20(25)23-19-8-7-17(22)13-18(19)21)24-11-9-16(10-12-24)15-5-3-2-4-6-15/h2-9,13-14H,10-12H2,1H3,(H,23,25)/t14-/m0/s1. The van der Waals surface area contributed by atoms with E-state index in [-0.39, 0.29) is 17.0 Å². The van der Waals surface area contributed by atoms with Gasteiger partial charge < -0.3 is 5.32 Å². The Bertz CT molecular complexity index is 792. The van der Waals surface area contributed by atoms with Crippen molar-refractivity contribution in [2.24, 2.45) is 0 Å². The van der Waals surface area contributed by atoms with Crippen molar-refractivity contribution < 1.29 is 9.18 Å². The van der Waals surface area contributed by atoms with Crippen molar-refractivity contribution in [3.05, 3.63) is 71.0 Å². The molecular formula is C20H20ClFN2O. The lowest BCUT2D eigenvalue weighted by atomic mass is 9.99. The Hall–Kier alpha value is -2.17. The Morgan fingerprint density at radius 2 is 2.00 bits per heavy atom. The highest BCUT2D eigenvalue weighted by Gasteiger charge is 2.24. The van der Waals surface area contributed by atoms with Gasteiger partial charge in [-0.15, -0.1) is 0 Å². The minimum Gasteiger partial charge on any atom is -0.323 e. The number of nitrogens with one attached hydrogen (secondary N) is 1. The van der Waals surface area contributed by atoms with E-state index in [1.165, 1.54) is 29.3 Å². The fraction of sp³-hybridized carbons (Fsp3) is 0.250. The summed E-state index contributed by atoms with van der Waals surface area (Å²) in [6.07, 6.45) is 3.08. The lowest BCUT2D eigenvalue weighted by Gasteiger charge is -2.31. The van der Waals surface area contributed by atoms with Crippen LogP contribution >= 0.6 is 11.6 Å². The van der Waals surface area contributed by atoms with Gasteiger partial charge in [-0.1, -0.05) is 48.0 Å². The summed E-state index contributed by atoms with van der Waals surface area (Å²) >= 11 is 5.97. The van der Waals surface area contributed by atoms with Gasteiger partial charge in [0.25, 0.3) is 0 Å². The maximum Gasteiger partial charge on any atom is 0.241 e. The maximum atomic E-state index is 13.1. The molecule has 3 nitrogen and oxygen atoms in total. The number of carbonyl (C=O) groups excluding carboxylic acids is 1. The Kier molecular flexibility index (Phi) is 5.51. The number of amides is 1. The topological polar surface area (TPSA) is 32.3 Å². The highest BCUT2D eigenvalue weighted by atomic mass is 35.5. The van der Waals surface area contributed by atoms with Crippen molar-refractivity contribution in [3.63, 3.8) is 0 Å². The Balaban J connectivity index is 1.63. The number of anilines is 1. The first-order valence-electron chi connectivity index (χ1n) is 8.29. The molecule has 2 aromatic carbocycles. The van der Waals surface area contributed by atoms with E-state index in [0.717, 1.165) is 19.5 Å². The van der Waals surface area contributed by atoms with Gasteiger partial charge in [-0.2, -0.15) is 0 Å². The third-order valence-electron chi connectivity index (χ3n) is 4.50. The number of hydrogen-bond acceptors (Lipinski definition) is 2. The summed E-state index contributed by atoms with van der Waals surface area (Å²) < 4.78 is 13.1. The van der Waals surface area contributed by atoms with Gasteiger partial charge in [-0.25, -0.2) is 4.39 Å². The van der Waals surface area contributed by atoms with Crippen molar-refractivity contribution in [3.8, 4) is 0 Å². The highest BCUT2D eigenvalue weighted by Crippen LogP contribution is 2.25. The molecule has 0 aliphatic carbocycles. The van der Waals surface area contributed by atoms with E-state index < -0.39 is 5.82 Å². The first-order chi connectivity index (χ1) is 12.0. The molecule has 0 unspecified atom stereocenters. The number of benzene rings is 2. The Morgan fingerprint density at radius 1 is 1.24 bits per heavy atom. The monoisotopic (exact) mass is 358 g/mol. The quantitative estimate of drug-likeness (QED) is 0.866. The van der Waals surface area contributed by atoms with E-state index in [0.29, 0.717) is 5.69 Å². The van der Waals surface area contributed by atoms with Gasteiger partial charge in [0, 0.05) is 13.1 Å². The first kappa shape index (κ1) is 17.6. The smallest absolute Gasteiger partial charge is 0.241 e. The molecule has 0 aromatic heterocycles. The minimum atomic E-state index is -0.425. The molecule has 3 rings (SSSR count). The van der Waals surface area contributed by atoms with E-state index in [9.17, 15) is 9.18 Å². The number of hydrogen-bond donors (Lipinski definition) is 1. The molecule has 0 radical (unpaired) electrons. The molecule has 1 N–H and O–H groups in total. The molecule has 25 heavy (non-hydrogen) atoms. The molecule has 0 bridgehead atoms. The van der Waals surface area contributed by atoms with E-state index >= 15 is 0 Å². The number of halogens is 2. The fourth-order valence-electron chi connectivity index (χ4n) is 2.94. The molecule has 1 heterocycles. The van der Waals surface area contributed by atoms with Crippen molar-refractivity contribution in [2.45, 2.75) is 19.4 Å². The second kappa shape index (κ2) is 7.81. The third-order valence-corrected chi connectivity index (χ3v) is 4.81. The lowest BCUT2D eigenvalue weighted by molar-refractivity contribution is -0.120. The lowest BCUT2D eigenvalue weighted by Crippen LogP contribution is -2.44. The van der Waals surface area contributed by atoms with Gasteiger partial charge in [0.2, 0.25) is 5.91 Å². The normalized spacial score (nSPS) is 16.2. The largest absolute Gasteiger partial charge is 0.323 e. The molecule has 1 aliphatic rings. The van der Waals surface area contributed by atoms with Crippen LogP contribution in [0.25, 0.3) is 5.57 Å². The zero-order valence-corrected chi connectivity index (χ0v) is 14.8. The molecule has 1 aliphatic heterocycles. The SMILES string of the molecule is C[C@@H](C(=O)Nc1ccc(F)cc1Cl)N1CC=C(c2ccccc2)CC1. The molecule has 0 saturated carbocycles. The van der Waals surface area contributed by atoms with Gasteiger partial charge >= 0.3 is 0 Å². The molecule has 1 amide bonds. The highest BCUT2D eigenvalue weighted by molar-refractivity contribution is 6.33. The average Bonchev–Trinajstić information content (AvgIpc) is 2.64. The van der Waals surface area contributed by atoms with Crippen LogP contribution in [0.1, 0.15) is 18.9 Å². The maximum absolute atomic E-state index is 13.1. The van der Waals surface area contributed by atoms with Crippen molar-refractivity contribution in [1.29, 1.82) is 0 Å². The van der Waals surface area contributed by atoms with Crippen LogP contribution < -0.4 is 5.32 Å². The zero-order chi connectivity index (χ0) is 17.8. The van der Waals surface area contributed by atoms with Gasteiger partial charge in [0.1, 0.15) is 5.82 Å². The molecule has 2 aromatic rings. The Morgan fingerprint density at radius 3 is 2.64 bits per heavy atom. The van der Waals surface area contributed by atoms with Gasteiger partial charge in [0.15, 0.2) is 0 Å². The number of rotatable bonds is 4. The summed E-state index contributed by atoms with van der Waals surface area (Å²) in [5, 5.41) is 2.98. The van der Waals surface area contributed by atoms with E-state index in [4.69, 9.17) is 11.6 Å². The molecule has 0 fully saturated rings. The van der Waals surface area contributed by atoms with Crippen LogP contribution in [-0.4, -0.2) is 29.9 Å². The molecule has 0 spiro atoms. The molecular weight excluding hydrogens is 339 g/mol. The molecule has 5 heteroatoms. The van der Waals surface area contributed by atoms with Crippen molar-refractivity contribution in [2.75, 3.05) is 18.4 Å². The summed E-state index contributed by atoms with van der Waals surface area (Å²) in [6.45, 7) is 3.40. The Labute approximate surface area is 152 Å². The van der Waals surface area contributed by atoms with Crippen LogP contribution in [0.5, 0.6) is 0 Å². The summed E-state index contributed by atoms with van der Waals surface area (Å²) in [4.78, 5) is 14.6. The predicted octanol–water partition coefficient (Wildman–Crippen LogP) is 4.60. The predicted molar refractivity (Wildman–Crippen MR) is 100 cm³/mol. The second-order valence-electron chi connectivity index (χ2n) is 6.13. The van der Waals surface area contributed by atoms with Crippen LogP contribution in [0.3, 0.4) is 0 Å². The fourth-order valence-corrected chi connectivity index (χ4v) is 3.16. The molecule has 130 valence electrons. The summed E-state index contributed by atoms with van der Waals surface area (Å²) in [5.74, 6) is -0.573. The van der Waals surface area contributed by atoms with Crippen LogP contribution in [0, 0.1) is 5.82 Å². The zero-order valence-electron chi connectivity index (χ0n) is 14.0. The van der Waals surface area contributed by atoms with Gasteiger partial charge in [0.05, 0.1) is 16.8 Å². The van der Waals surface area contributed by atoms with Crippen molar-refractivity contribution >= 4 is 28.8 Å². The average molecular weight is 359 g/mol. The number of carbonyl (C=O) groups is 1. The van der Waals surface area contributed by atoms with E-state index in [2.05, 4.69) is 28.4 Å². The minimum absolute atomic E-state index is 0.148.